The number of halogens is 1. The third-order valence-electron chi connectivity index (χ3n) is 3.18. The molecule has 1 unspecified atom stereocenters. The van der Waals surface area contributed by atoms with Crippen LogP contribution in [-0.4, -0.2) is 17.6 Å². The fourth-order valence-electron chi connectivity index (χ4n) is 2.24. The van der Waals surface area contributed by atoms with Crippen LogP contribution in [0.5, 0.6) is 0 Å². The summed E-state index contributed by atoms with van der Waals surface area (Å²) in [6.07, 6.45) is 1.87. The highest BCUT2D eigenvalue weighted by molar-refractivity contribution is 7.15. The Hall–Kier alpha value is -1.26. The monoisotopic (exact) mass is 279 g/mol. The molecule has 1 atom stereocenters. The second-order valence-corrected chi connectivity index (χ2v) is 6.15. The molecule has 3 rings (SSSR count). The SMILES string of the molecule is CC1CNc2ccccc2N1Cc1cnc(Cl)s1. The van der Waals surface area contributed by atoms with Gasteiger partial charge < -0.3 is 10.2 Å². The number of fused-ring (bicyclic) bond motifs is 1. The van der Waals surface area contributed by atoms with Crippen LogP contribution in [0.4, 0.5) is 11.4 Å². The van der Waals surface area contributed by atoms with E-state index in [1.807, 2.05) is 6.20 Å². The normalized spacial score (nSPS) is 18.3. The zero-order valence-corrected chi connectivity index (χ0v) is 11.6. The molecule has 1 aliphatic rings. The molecule has 5 heteroatoms. The van der Waals surface area contributed by atoms with Crippen LogP contribution in [0, 0.1) is 0 Å². The van der Waals surface area contributed by atoms with E-state index in [0.717, 1.165) is 13.1 Å². The zero-order chi connectivity index (χ0) is 12.5. The molecule has 0 saturated carbocycles. The minimum atomic E-state index is 0.459. The van der Waals surface area contributed by atoms with Crippen LogP contribution < -0.4 is 10.2 Å². The average Bonchev–Trinajstić information content (AvgIpc) is 2.79. The maximum absolute atomic E-state index is 5.89. The van der Waals surface area contributed by atoms with Crippen molar-refractivity contribution in [3.63, 3.8) is 0 Å². The van der Waals surface area contributed by atoms with Gasteiger partial charge >= 0.3 is 0 Å². The van der Waals surface area contributed by atoms with Crippen molar-refractivity contribution in [2.24, 2.45) is 0 Å². The van der Waals surface area contributed by atoms with Gasteiger partial charge in [-0.15, -0.1) is 11.3 Å². The van der Waals surface area contributed by atoms with E-state index in [4.69, 9.17) is 11.6 Å². The summed E-state index contributed by atoms with van der Waals surface area (Å²) in [4.78, 5) is 7.70. The largest absolute Gasteiger partial charge is 0.381 e. The van der Waals surface area contributed by atoms with Crippen LogP contribution in [-0.2, 0) is 6.54 Å². The van der Waals surface area contributed by atoms with E-state index in [0.29, 0.717) is 10.5 Å². The Kier molecular flexibility index (Phi) is 3.14. The third-order valence-corrected chi connectivity index (χ3v) is 4.28. The number of rotatable bonds is 2. The highest BCUT2D eigenvalue weighted by atomic mass is 35.5. The minimum Gasteiger partial charge on any atom is -0.381 e. The van der Waals surface area contributed by atoms with Crippen molar-refractivity contribution in [3.05, 3.63) is 39.8 Å². The summed E-state index contributed by atoms with van der Waals surface area (Å²) in [5, 5.41) is 3.45. The number of thiazole rings is 1. The predicted molar refractivity (Wildman–Crippen MR) is 77.7 cm³/mol. The second-order valence-electron chi connectivity index (χ2n) is 4.45. The van der Waals surface area contributed by atoms with Crippen molar-refractivity contribution in [2.75, 3.05) is 16.8 Å². The molecule has 2 aromatic rings. The van der Waals surface area contributed by atoms with Crippen LogP contribution in [0.1, 0.15) is 11.8 Å². The summed E-state index contributed by atoms with van der Waals surface area (Å²) in [5.74, 6) is 0. The van der Waals surface area contributed by atoms with E-state index < -0.39 is 0 Å². The molecule has 1 aromatic heterocycles. The van der Waals surface area contributed by atoms with E-state index in [-0.39, 0.29) is 0 Å². The Labute approximate surface area is 115 Å². The Bertz CT molecular complexity index is 555. The number of benzene rings is 1. The molecule has 0 fully saturated rings. The molecule has 0 saturated heterocycles. The van der Waals surface area contributed by atoms with Gasteiger partial charge in [-0.1, -0.05) is 23.7 Å². The van der Waals surface area contributed by atoms with Crippen LogP contribution in [0.3, 0.4) is 0 Å². The average molecular weight is 280 g/mol. The third kappa shape index (κ3) is 2.18. The Morgan fingerprint density at radius 1 is 1.50 bits per heavy atom. The number of aromatic nitrogens is 1. The number of anilines is 2. The lowest BCUT2D eigenvalue weighted by atomic mass is 10.1. The first-order chi connectivity index (χ1) is 8.74. The van der Waals surface area contributed by atoms with Gasteiger partial charge in [0.15, 0.2) is 4.47 Å². The van der Waals surface area contributed by atoms with Crippen LogP contribution >= 0.6 is 22.9 Å². The quantitative estimate of drug-likeness (QED) is 0.910. The lowest BCUT2D eigenvalue weighted by Crippen LogP contribution is -2.41. The van der Waals surface area contributed by atoms with E-state index in [1.54, 1.807) is 11.3 Å². The van der Waals surface area contributed by atoms with Crippen molar-refractivity contribution in [1.82, 2.24) is 4.98 Å². The lowest BCUT2D eigenvalue weighted by molar-refractivity contribution is 0.644. The van der Waals surface area contributed by atoms with Crippen molar-refractivity contribution >= 4 is 34.3 Å². The van der Waals surface area contributed by atoms with E-state index >= 15 is 0 Å². The molecule has 18 heavy (non-hydrogen) atoms. The van der Waals surface area contributed by atoms with E-state index in [2.05, 4.69) is 46.4 Å². The fourth-order valence-corrected chi connectivity index (χ4v) is 3.22. The molecular formula is C13H14ClN3S. The summed E-state index contributed by atoms with van der Waals surface area (Å²) in [7, 11) is 0. The first kappa shape index (κ1) is 11.8. The van der Waals surface area contributed by atoms with Gasteiger partial charge in [-0.3, -0.25) is 0 Å². The molecule has 1 aliphatic heterocycles. The highest BCUT2D eigenvalue weighted by Gasteiger charge is 2.22. The minimum absolute atomic E-state index is 0.459. The summed E-state index contributed by atoms with van der Waals surface area (Å²) < 4.78 is 0.612. The standard InChI is InChI=1S/C13H14ClN3S/c1-9-6-15-11-4-2-3-5-12(11)17(9)8-10-7-16-13(14)18-10/h2-5,7,9,15H,6,8H2,1H3. The molecule has 0 aliphatic carbocycles. The highest BCUT2D eigenvalue weighted by Crippen LogP contribution is 2.33. The van der Waals surface area contributed by atoms with Crippen LogP contribution in [0.2, 0.25) is 4.47 Å². The molecule has 1 aromatic carbocycles. The zero-order valence-electron chi connectivity index (χ0n) is 10.1. The molecule has 0 bridgehead atoms. The maximum atomic E-state index is 5.89. The van der Waals surface area contributed by atoms with Crippen molar-refractivity contribution < 1.29 is 0 Å². The van der Waals surface area contributed by atoms with Gasteiger partial charge in [0.25, 0.3) is 0 Å². The van der Waals surface area contributed by atoms with Crippen molar-refractivity contribution in [1.29, 1.82) is 0 Å². The molecule has 3 nitrogen and oxygen atoms in total. The Balaban J connectivity index is 1.91. The first-order valence-electron chi connectivity index (χ1n) is 5.94. The molecule has 1 N–H and O–H groups in total. The first-order valence-corrected chi connectivity index (χ1v) is 7.13. The molecule has 94 valence electrons. The van der Waals surface area contributed by atoms with Crippen molar-refractivity contribution in [3.8, 4) is 0 Å². The molecule has 0 spiro atoms. The smallest absolute Gasteiger partial charge is 0.183 e. The summed E-state index contributed by atoms with van der Waals surface area (Å²) in [5.41, 5.74) is 2.45. The number of nitrogens with one attached hydrogen (secondary N) is 1. The lowest BCUT2D eigenvalue weighted by Gasteiger charge is -2.37. The van der Waals surface area contributed by atoms with Gasteiger partial charge in [0, 0.05) is 23.7 Å². The summed E-state index contributed by atoms with van der Waals surface area (Å²) in [6.45, 7) is 4.05. The predicted octanol–water partition coefficient (Wildman–Crippen LogP) is 3.62. The van der Waals surface area contributed by atoms with Gasteiger partial charge in [0.1, 0.15) is 0 Å². The van der Waals surface area contributed by atoms with Crippen LogP contribution in [0.25, 0.3) is 0 Å². The topological polar surface area (TPSA) is 28.2 Å². The Morgan fingerprint density at radius 3 is 3.11 bits per heavy atom. The summed E-state index contributed by atoms with van der Waals surface area (Å²) in [6, 6.07) is 8.87. The van der Waals surface area contributed by atoms with E-state index in [9.17, 15) is 0 Å². The molecular weight excluding hydrogens is 266 g/mol. The molecule has 2 heterocycles. The van der Waals surface area contributed by atoms with Gasteiger partial charge in [-0.2, -0.15) is 0 Å². The number of para-hydroxylation sites is 2. The molecule has 0 amide bonds. The Morgan fingerprint density at radius 2 is 2.33 bits per heavy atom. The van der Waals surface area contributed by atoms with Gasteiger partial charge in [0.05, 0.1) is 17.9 Å². The maximum Gasteiger partial charge on any atom is 0.183 e. The number of nitrogens with zero attached hydrogens (tertiary/aromatic N) is 2. The van der Waals surface area contributed by atoms with E-state index in [1.165, 1.54) is 16.3 Å². The molecule has 0 radical (unpaired) electrons. The fraction of sp³-hybridized carbons (Fsp3) is 0.308. The van der Waals surface area contributed by atoms with Gasteiger partial charge in [0.2, 0.25) is 0 Å². The summed E-state index contributed by atoms with van der Waals surface area (Å²) >= 11 is 7.44. The second kappa shape index (κ2) is 4.78. The number of hydrogen-bond acceptors (Lipinski definition) is 4. The van der Waals surface area contributed by atoms with Crippen LogP contribution in [0.15, 0.2) is 30.5 Å². The van der Waals surface area contributed by atoms with Crippen molar-refractivity contribution in [2.45, 2.75) is 19.5 Å². The van der Waals surface area contributed by atoms with Gasteiger partial charge in [-0.05, 0) is 19.1 Å². The van der Waals surface area contributed by atoms with Gasteiger partial charge in [-0.25, -0.2) is 4.98 Å². The number of hydrogen-bond donors (Lipinski definition) is 1.